The minimum Gasteiger partial charge on any atom is -0.481 e. The summed E-state index contributed by atoms with van der Waals surface area (Å²) in [7, 11) is 0. The molecule has 0 amide bonds. The van der Waals surface area contributed by atoms with E-state index in [2.05, 4.69) is 0 Å². The van der Waals surface area contributed by atoms with Gasteiger partial charge in [0.15, 0.2) is 0 Å². The number of esters is 1. The number of ether oxygens (including phenoxy) is 1. The van der Waals surface area contributed by atoms with E-state index in [1.807, 2.05) is 19.1 Å². The van der Waals surface area contributed by atoms with Crippen molar-refractivity contribution in [1.29, 1.82) is 0 Å². The first-order chi connectivity index (χ1) is 12.3. The molecule has 0 aromatic heterocycles. The van der Waals surface area contributed by atoms with Gasteiger partial charge in [-0.3, -0.25) is 9.59 Å². The van der Waals surface area contributed by atoms with Gasteiger partial charge in [-0.25, -0.2) is 4.79 Å². The van der Waals surface area contributed by atoms with Crippen LogP contribution in [0.15, 0.2) is 48.5 Å². The van der Waals surface area contributed by atoms with E-state index in [9.17, 15) is 14.4 Å². The van der Waals surface area contributed by atoms with Gasteiger partial charge in [-0.1, -0.05) is 35.9 Å². The van der Waals surface area contributed by atoms with Gasteiger partial charge < -0.3 is 14.9 Å². The van der Waals surface area contributed by atoms with Gasteiger partial charge in [0.1, 0.15) is 5.75 Å². The fraction of sp³-hybridized carbons (Fsp3) is 0.150. The fourth-order valence-corrected chi connectivity index (χ4v) is 2.33. The maximum atomic E-state index is 11.9. The molecule has 134 valence electrons. The van der Waals surface area contributed by atoms with Crippen molar-refractivity contribution >= 4 is 24.0 Å². The van der Waals surface area contributed by atoms with Crippen molar-refractivity contribution < 1.29 is 29.3 Å². The van der Waals surface area contributed by atoms with Gasteiger partial charge in [0.2, 0.25) is 0 Å². The molecule has 2 N–H and O–H groups in total. The Hall–Kier alpha value is -3.41. The van der Waals surface area contributed by atoms with Gasteiger partial charge in [0.05, 0.1) is 12.8 Å². The van der Waals surface area contributed by atoms with Gasteiger partial charge in [-0.15, -0.1) is 0 Å². The van der Waals surface area contributed by atoms with Crippen molar-refractivity contribution in [1.82, 2.24) is 0 Å². The van der Waals surface area contributed by atoms with Crippen LogP contribution in [0.3, 0.4) is 0 Å². The SMILES string of the molecule is Cc1ccc(OC(=O)/C=C/c2ccc(CC(=O)O)c(CC(=O)O)c2)cc1. The molecule has 6 heteroatoms. The van der Waals surface area contributed by atoms with Gasteiger partial charge in [0, 0.05) is 6.08 Å². The lowest BCUT2D eigenvalue weighted by Gasteiger charge is -2.07. The van der Waals surface area contributed by atoms with E-state index in [-0.39, 0.29) is 12.8 Å². The topological polar surface area (TPSA) is 101 Å². The van der Waals surface area contributed by atoms with E-state index in [4.69, 9.17) is 14.9 Å². The zero-order valence-electron chi connectivity index (χ0n) is 14.1. The molecule has 0 fully saturated rings. The van der Waals surface area contributed by atoms with Crippen molar-refractivity contribution in [3.05, 3.63) is 70.8 Å². The number of carbonyl (C=O) groups excluding carboxylic acids is 1. The summed E-state index contributed by atoms with van der Waals surface area (Å²) in [6, 6.07) is 11.8. The van der Waals surface area contributed by atoms with Crippen molar-refractivity contribution in [3.63, 3.8) is 0 Å². The molecule has 0 bridgehead atoms. The molecular formula is C20H18O6. The quantitative estimate of drug-likeness (QED) is 0.450. The van der Waals surface area contributed by atoms with Crippen molar-refractivity contribution in [2.75, 3.05) is 0 Å². The van der Waals surface area contributed by atoms with Crippen LogP contribution >= 0.6 is 0 Å². The predicted octanol–water partition coefficient (Wildman–Crippen LogP) is 2.87. The molecule has 0 saturated heterocycles. The summed E-state index contributed by atoms with van der Waals surface area (Å²) >= 11 is 0. The van der Waals surface area contributed by atoms with E-state index in [1.165, 1.54) is 12.2 Å². The standard InChI is InChI=1S/C20H18O6/c1-13-2-7-17(8-3-13)26-20(25)9-5-14-4-6-15(11-18(21)22)16(10-14)12-19(23)24/h2-10H,11-12H2,1H3,(H,21,22)(H,23,24)/b9-5+. The summed E-state index contributed by atoms with van der Waals surface area (Å²) in [6.07, 6.45) is 2.17. The molecule has 0 saturated carbocycles. The van der Waals surface area contributed by atoms with Crippen LogP contribution < -0.4 is 4.74 Å². The van der Waals surface area contributed by atoms with Crippen molar-refractivity contribution in [2.24, 2.45) is 0 Å². The maximum absolute atomic E-state index is 11.9. The lowest BCUT2D eigenvalue weighted by Crippen LogP contribution is -2.08. The molecule has 2 rings (SSSR count). The predicted molar refractivity (Wildman–Crippen MR) is 95.0 cm³/mol. The number of hydrogen-bond acceptors (Lipinski definition) is 4. The number of hydrogen-bond donors (Lipinski definition) is 2. The second-order valence-electron chi connectivity index (χ2n) is 5.74. The highest BCUT2D eigenvalue weighted by Gasteiger charge is 2.10. The van der Waals surface area contributed by atoms with E-state index in [0.717, 1.165) is 5.56 Å². The molecule has 0 aliphatic rings. The molecule has 0 spiro atoms. The third kappa shape index (κ3) is 5.90. The third-order valence-electron chi connectivity index (χ3n) is 3.56. The summed E-state index contributed by atoms with van der Waals surface area (Å²) in [6.45, 7) is 1.92. The monoisotopic (exact) mass is 354 g/mol. The zero-order chi connectivity index (χ0) is 19.1. The highest BCUT2D eigenvalue weighted by Crippen LogP contribution is 2.16. The molecule has 2 aromatic carbocycles. The Balaban J connectivity index is 2.13. The second kappa shape index (κ2) is 8.62. The van der Waals surface area contributed by atoms with E-state index in [0.29, 0.717) is 22.4 Å². The molecule has 0 heterocycles. The minimum absolute atomic E-state index is 0.262. The van der Waals surface area contributed by atoms with E-state index < -0.39 is 17.9 Å². The van der Waals surface area contributed by atoms with E-state index in [1.54, 1.807) is 30.3 Å². The van der Waals surface area contributed by atoms with Crippen LogP contribution in [0.5, 0.6) is 5.75 Å². The van der Waals surface area contributed by atoms with Gasteiger partial charge in [-0.2, -0.15) is 0 Å². The minimum atomic E-state index is -1.06. The molecule has 0 atom stereocenters. The molecule has 0 aliphatic heterocycles. The Morgan fingerprint density at radius 3 is 2.15 bits per heavy atom. The van der Waals surface area contributed by atoms with E-state index >= 15 is 0 Å². The summed E-state index contributed by atoms with van der Waals surface area (Å²) in [5.74, 6) is -2.24. The Morgan fingerprint density at radius 2 is 1.54 bits per heavy atom. The van der Waals surface area contributed by atoms with Crippen LogP contribution in [0.25, 0.3) is 6.08 Å². The number of aryl methyl sites for hydroxylation is 1. The average Bonchev–Trinajstić information content (AvgIpc) is 2.56. The second-order valence-corrected chi connectivity index (χ2v) is 5.74. The Bertz CT molecular complexity index is 849. The molecule has 0 radical (unpaired) electrons. The summed E-state index contributed by atoms with van der Waals surface area (Å²) in [4.78, 5) is 33.7. The molecule has 2 aromatic rings. The first kappa shape index (κ1) is 18.9. The summed E-state index contributed by atoms with van der Waals surface area (Å²) < 4.78 is 5.16. The Morgan fingerprint density at radius 1 is 0.923 bits per heavy atom. The van der Waals surface area contributed by atoms with Gasteiger partial charge >= 0.3 is 17.9 Å². The summed E-state index contributed by atoms with van der Waals surface area (Å²) in [5.41, 5.74) is 2.46. The van der Waals surface area contributed by atoms with Crippen LogP contribution in [0.1, 0.15) is 22.3 Å². The number of benzene rings is 2. The average molecular weight is 354 g/mol. The Labute approximate surface area is 150 Å². The first-order valence-corrected chi connectivity index (χ1v) is 7.85. The van der Waals surface area contributed by atoms with Gasteiger partial charge in [-0.05, 0) is 41.8 Å². The highest BCUT2D eigenvalue weighted by molar-refractivity contribution is 5.88. The number of rotatable bonds is 7. The van der Waals surface area contributed by atoms with Crippen molar-refractivity contribution in [2.45, 2.75) is 19.8 Å². The molecule has 0 unspecified atom stereocenters. The first-order valence-electron chi connectivity index (χ1n) is 7.85. The summed E-state index contributed by atoms with van der Waals surface area (Å²) in [5, 5.41) is 17.9. The highest BCUT2D eigenvalue weighted by atomic mass is 16.5. The Kier molecular flexibility index (Phi) is 6.27. The lowest BCUT2D eigenvalue weighted by molar-refractivity contribution is -0.137. The number of carbonyl (C=O) groups is 3. The lowest BCUT2D eigenvalue weighted by atomic mass is 9.99. The zero-order valence-corrected chi connectivity index (χ0v) is 14.1. The van der Waals surface area contributed by atoms with Gasteiger partial charge in [0.25, 0.3) is 0 Å². The number of carboxylic acids is 2. The maximum Gasteiger partial charge on any atom is 0.336 e. The number of carboxylic acid groups (broad SMARTS) is 2. The van der Waals surface area contributed by atoms with Crippen LogP contribution in [0.2, 0.25) is 0 Å². The van der Waals surface area contributed by atoms with Crippen LogP contribution in [0, 0.1) is 6.92 Å². The van der Waals surface area contributed by atoms with Crippen LogP contribution in [0.4, 0.5) is 0 Å². The number of aliphatic carboxylic acids is 2. The van der Waals surface area contributed by atoms with Crippen LogP contribution in [-0.2, 0) is 27.2 Å². The normalized spacial score (nSPS) is 10.7. The fourth-order valence-electron chi connectivity index (χ4n) is 2.33. The molecular weight excluding hydrogens is 336 g/mol. The molecule has 0 aliphatic carbocycles. The third-order valence-corrected chi connectivity index (χ3v) is 3.56. The van der Waals surface area contributed by atoms with Crippen LogP contribution in [-0.4, -0.2) is 28.1 Å². The largest absolute Gasteiger partial charge is 0.481 e. The smallest absolute Gasteiger partial charge is 0.336 e. The molecule has 6 nitrogen and oxygen atoms in total. The van der Waals surface area contributed by atoms with Crippen molar-refractivity contribution in [3.8, 4) is 5.75 Å². The molecule has 26 heavy (non-hydrogen) atoms.